The molecule has 2 aromatic carbocycles. The van der Waals surface area contributed by atoms with Gasteiger partial charge in [0, 0.05) is 32.7 Å². The number of sulfonamides is 1. The van der Waals surface area contributed by atoms with Gasteiger partial charge in [-0.3, -0.25) is 4.90 Å². The number of nitrogens with zero attached hydrogens (tertiary/aromatic N) is 5. The van der Waals surface area contributed by atoms with Crippen LogP contribution in [-0.4, -0.2) is 65.7 Å². The minimum Gasteiger partial charge on any atom is -0.492 e. The van der Waals surface area contributed by atoms with Crippen LogP contribution in [0.4, 0.5) is 0 Å². The Morgan fingerprint density at radius 2 is 1.90 bits per heavy atom. The van der Waals surface area contributed by atoms with Crippen LogP contribution >= 0.6 is 11.7 Å². The number of hydrogen-bond donors (Lipinski definition) is 0. The van der Waals surface area contributed by atoms with E-state index in [0.29, 0.717) is 61.7 Å². The Bertz CT molecular complexity index is 1150. The fourth-order valence-corrected chi connectivity index (χ4v) is 5.44. The average Bonchev–Trinajstić information content (AvgIpc) is 3.23. The van der Waals surface area contributed by atoms with Crippen LogP contribution in [0.25, 0.3) is 11.0 Å². The summed E-state index contributed by atoms with van der Waals surface area (Å²) in [7, 11) is -3.60. The summed E-state index contributed by atoms with van der Waals surface area (Å²) in [5.41, 5.74) is 1.60. The molecule has 0 N–H and O–H groups in total. The molecule has 1 aromatic heterocycles. The van der Waals surface area contributed by atoms with E-state index in [0.717, 1.165) is 11.7 Å². The molecule has 1 aliphatic heterocycles. The monoisotopic (exact) mass is 429 g/mol. The molecule has 0 aliphatic carbocycles. The van der Waals surface area contributed by atoms with Gasteiger partial charge in [-0.05, 0) is 30.3 Å². The number of ether oxygens (including phenoxy) is 1. The van der Waals surface area contributed by atoms with Gasteiger partial charge < -0.3 is 4.74 Å². The van der Waals surface area contributed by atoms with Crippen LogP contribution in [0.5, 0.6) is 5.75 Å². The van der Waals surface area contributed by atoms with E-state index in [-0.39, 0.29) is 4.90 Å². The smallest absolute Gasteiger partial charge is 0.245 e. The van der Waals surface area contributed by atoms with Crippen molar-refractivity contribution in [3.05, 3.63) is 48.0 Å². The summed E-state index contributed by atoms with van der Waals surface area (Å²) in [6.07, 6.45) is 0. The van der Waals surface area contributed by atoms with Crippen LogP contribution in [0.2, 0.25) is 0 Å². The summed E-state index contributed by atoms with van der Waals surface area (Å²) >= 11 is 1.02. The predicted octanol–water partition coefficient (Wildman–Crippen LogP) is 1.95. The second-order valence-corrected chi connectivity index (χ2v) is 9.06. The van der Waals surface area contributed by atoms with E-state index in [9.17, 15) is 8.42 Å². The Hall–Kier alpha value is -2.58. The van der Waals surface area contributed by atoms with Gasteiger partial charge in [0.05, 0.1) is 23.4 Å². The van der Waals surface area contributed by atoms with Crippen molar-refractivity contribution in [2.24, 2.45) is 0 Å². The third-order valence-electron chi connectivity index (χ3n) is 4.84. The highest BCUT2D eigenvalue weighted by Gasteiger charge is 2.30. The summed E-state index contributed by atoms with van der Waals surface area (Å²) in [4.78, 5) is 2.39. The highest BCUT2D eigenvalue weighted by atomic mass is 32.2. The van der Waals surface area contributed by atoms with E-state index >= 15 is 0 Å². The lowest BCUT2D eigenvalue weighted by atomic mass is 10.2. The molecule has 0 saturated carbocycles. The molecule has 1 fully saturated rings. The van der Waals surface area contributed by atoms with E-state index in [1.165, 1.54) is 4.31 Å². The third kappa shape index (κ3) is 4.23. The fourth-order valence-electron chi connectivity index (χ4n) is 3.27. The maximum absolute atomic E-state index is 13.1. The van der Waals surface area contributed by atoms with Crippen LogP contribution in [0, 0.1) is 11.3 Å². The zero-order valence-corrected chi connectivity index (χ0v) is 17.2. The van der Waals surface area contributed by atoms with Crippen LogP contribution in [0.15, 0.2) is 47.4 Å². The van der Waals surface area contributed by atoms with Crippen molar-refractivity contribution < 1.29 is 13.2 Å². The Kier molecular flexibility index (Phi) is 5.73. The average molecular weight is 430 g/mol. The molecule has 0 unspecified atom stereocenters. The summed E-state index contributed by atoms with van der Waals surface area (Å²) in [6, 6.07) is 14.2. The van der Waals surface area contributed by atoms with Gasteiger partial charge in [-0.1, -0.05) is 12.1 Å². The van der Waals surface area contributed by atoms with Gasteiger partial charge in [0.25, 0.3) is 0 Å². The second-order valence-electron chi connectivity index (χ2n) is 6.62. The number of hydrogen-bond acceptors (Lipinski definition) is 8. The lowest BCUT2D eigenvalue weighted by Gasteiger charge is -2.33. The molecule has 1 saturated heterocycles. The summed E-state index contributed by atoms with van der Waals surface area (Å²) in [5, 5.41) is 8.94. The molecule has 150 valence electrons. The van der Waals surface area contributed by atoms with Gasteiger partial charge in [0.2, 0.25) is 10.0 Å². The van der Waals surface area contributed by atoms with Crippen molar-refractivity contribution in [1.82, 2.24) is 18.0 Å². The van der Waals surface area contributed by atoms with Crippen molar-refractivity contribution in [1.29, 1.82) is 5.26 Å². The summed E-state index contributed by atoms with van der Waals surface area (Å²) < 4.78 is 41.6. The molecular weight excluding hydrogens is 410 g/mol. The second kappa shape index (κ2) is 8.42. The molecule has 10 heteroatoms. The van der Waals surface area contributed by atoms with E-state index in [4.69, 9.17) is 10.00 Å². The zero-order chi connectivity index (χ0) is 20.3. The predicted molar refractivity (Wildman–Crippen MR) is 109 cm³/mol. The fraction of sp³-hybridized carbons (Fsp3) is 0.316. The Morgan fingerprint density at radius 3 is 2.69 bits per heavy atom. The number of benzene rings is 2. The third-order valence-corrected chi connectivity index (χ3v) is 7.31. The molecule has 0 bridgehead atoms. The van der Waals surface area contributed by atoms with E-state index in [1.54, 1.807) is 36.4 Å². The number of nitriles is 1. The zero-order valence-electron chi connectivity index (χ0n) is 15.6. The van der Waals surface area contributed by atoms with Crippen molar-refractivity contribution in [2.45, 2.75) is 4.90 Å². The standard InChI is InChI=1S/C19H19N5O3S2/c20-14-15-3-1-4-16(13-15)27-12-11-23-7-9-24(10-8-23)29(25,26)18-6-2-5-17-19(18)22-28-21-17/h1-6,13H,7-12H2. The van der Waals surface area contributed by atoms with Gasteiger partial charge in [0.15, 0.2) is 0 Å². The lowest BCUT2D eigenvalue weighted by molar-refractivity contribution is 0.159. The maximum Gasteiger partial charge on any atom is 0.245 e. The van der Waals surface area contributed by atoms with Crippen molar-refractivity contribution in [3.63, 3.8) is 0 Å². The van der Waals surface area contributed by atoms with Crippen LogP contribution in [0.1, 0.15) is 5.56 Å². The van der Waals surface area contributed by atoms with Gasteiger partial charge in [0.1, 0.15) is 28.3 Å². The molecule has 29 heavy (non-hydrogen) atoms. The largest absolute Gasteiger partial charge is 0.492 e. The molecule has 1 aliphatic rings. The molecule has 0 atom stereocenters. The Morgan fingerprint density at radius 1 is 1.10 bits per heavy atom. The molecule has 0 spiro atoms. The Balaban J connectivity index is 1.33. The van der Waals surface area contributed by atoms with E-state index < -0.39 is 10.0 Å². The molecular formula is C19H19N5O3S2. The first-order chi connectivity index (χ1) is 14.1. The number of fused-ring (bicyclic) bond motifs is 1. The first-order valence-corrected chi connectivity index (χ1v) is 11.3. The minimum absolute atomic E-state index is 0.220. The number of rotatable bonds is 6. The normalized spacial score (nSPS) is 16.0. The lowest BCUT2D eigenvalue weighted by Crippen LogP contribution is -2.49. The number of aromatic nitrogens is 2. The van der Waals surface area contributed by atoms with Gasteiger partial charge in [-0.15, -0.1) is 0 Å². The SMILES string of the molecule is N#Cc1cccc(OCCN2CCN(S(=O)(=O)c3cccc4nsnc34)CC2)c1. The minimum atomic E-state index is -3.60. The summed E-state index contributed by atoms with van der Waals surface area (Å²) in [6.45, 7) is 3.26. The Labute approximate surface area is 173 Å². The van der Waals surface area contributed by atoms with Crippen LogP contribution in [0.3, 0.4) is 0 Å². The molecule has 0 amide bonds. The first-order valence-electron chi connectivity index (χ1n) is 9.15. The van der Waals surface area contributed by atoms with Crippen molar-refractivity contribution in [3.8, 4) is 11.8 Å². The van der Waals surface area contributed by atoms with E-state index in [1.807, 2.05) is 6.07 Å². The first kappa shape index (κ1) is 19.7. The van der Waals surface area contributed by atoms with E-state index in [2.05, 4.69) is 19.7 Å². The molecule has 0 radical (unpaired) electrons. The van der Waals surface area contributed by atoms with Crippen LogP contribution < -0.4 is 4.74 Å². The summed E-state index contributed by atoms with van der Waals surface area (Å²) in [5.74, 6) is 0.662. The highest BCUT2D eigenvalue weighted by molar-refractivity contribution is 7.89. The molecule has 2 heterocycles. The van der Waals surface area contributed by atoms with Crippen molar-refractivity contribution in [2.75, 3.05) is 39.3 Å². The van der Waals surface area contributed by atoms with Gasteiger partial charge in [-0.2, -0.15) is 18.3 Å². The molecule has 8 nitrogen and oxygen atoms in total. The maximum atomic E-state index is 13.1. The highest BCUT2D eigenvalue weighted by Crippen LogP contribution is 2.25. The van der Waals surface area contributed by atoms with Gasteiger partial charge >= 0.3 is 0 Å². The quantitative estimate of drug-likeness (QED) is 0.590. The molecule has 3 aromatic rings. The van der Waals surface area contributed by atoms with Gasteiger partial charge in [-0.25, -0.2) is 8.42 Å². The van der Waals surface area contributed by atoms with Crippen LogP contribution in [-0.2, 0) is 10.0 Å². The number of piperazine rings is 1. The van der Waals surface area contributed by atoms with Crippen molar-refractivity contribution >= 4 is 32.8 Å². The molecule has 4 rings (SSSR count). The topological polar surface area (TPSA) is 99.4 Å².